The van der Waals surface area contributed by atoms with Crippen molar-refractivity contribution in [1.82, 2.24) is 9.62 Å². The van der Waals surface area contributed by atoms with Crippen LogP contribution < -0.4 is 4.72 Å². The Bertz CT molecular complexity index is 1060. The lowest BCUT2D eigenvalue weighted by Gasteiger charge is -2.32. The molecule has 30 heavy (non-hydrogen) atoms. The first-order valence-corrected chi connectivity index (χ1v) is 12.3. The lowest BCUT2D eigenvalue weighted by molar-refractivity contribution is 0.282. The first kappa shape index (κ1) is 21.9. The van der Waals surface area contributed by atoms with E-state index in [0.717, 1.165) is 0 Å². The van der Waals surface area contributed by atoms with Gasteiger partial charge < -0.3 is 10.0 Å². The van der Waals surface area contributed by atoms with Crippen LogP contribution in [0.5, 0.6) is 0 Å². The Labute approximate surface area is 192 Å². The third-order valence-corrected chi connectivity index (χ3v) is 8.89. The predicted molar refractivity (Wildman–Crippen MR) is 123 cm³/mol. The van der Waals surface area contributed by atoms with Crippen LogP contribution >= 0.6 is 34.2 Å². The summed E-state index contributed by atoms with van der Waals surface area (Å²) < 4.78 is 42.7. The molecule has 0 saturated heterocycles. The van der Waals surface area contributed by atoms with E-state index < -0.39 is 38.2 Å². The molecule has 1 aromatic carbocycles. The van der Waals surface area contributed by atoms with Gasteiger partial charge in [0.2, 0.25) is 10.0 Å². The number of hydrogen-bond acceptors (Lipinski definition) is 7. The molecule has 2 N–H and O–H groups in total. The van der Waals surface area contributed by atoms with Gasteiger partial charge in [0.25, 0.3) is 0 Å². The van der Waals surface area contributed by atoms with Gasteiger partial charge in [0.1, 0.15) is 29.1 Å². The van der Waals surface area contributed by atoms with Crippen LogP contribution in [-0.2, 0) is 10.0 Å². The second-order valence-corrected chi connectivity index (χ2v) is 11.4. The Morgan fingerprint density at radius 2 is 2.20 bits per heavy atom. The molecule has 2 aliphatic heterocycles. The zero-order valence-corrected chi connectivity index (χ0v) is 19.7. The van der Waals surface area contributed by atoms with Gasteiger partial charge in [-0.3, -0.25) is 9.71 Å². The lowest BCUT2D eigenvalue weighted by atomic mass is 10.0. The van der Waals surface area contributed by atoms with E-state index in [0.29, 0.717) is 16.4 Å². The number of nitrogens with one attached hydrogen (secondary N) is 1. The van der Waals surface area contributed by atoms with Crippen LogP contribution in [0, 0.1) is 9.39 Å². The Kier molecular flexibility index (Phi) is 5.83. The molecule has 3 aliphatic rings. The number of aliphatic hydroxyl groups is 1. The summed E-state index contributed by atoms with van der Waals surface area (Å²) in [4.78, 5) is 14.9. The summed E-state index contributed by atoms with van der Waals surface area (Å²) in [7, 11) is -2.09. The highest BCUT2D eigenvalue weighted by Gasteiger charge is 2.55. The Hall–Kier alpha value is -1.31. The second kappa shape index (κ2) is 7.99. The number of amidine groups is 1. The SMILES string of the molecule is CN1C=NC2C(Cl)C(=Nc3ccc(I)cc3F)C(NS(=O)(=O)C3(CCO)CC3)=NC21. The van der Waals surface area contributed by atoms with Crippen molar-refractivity contribution in [3.8, 4) is 0 Å². The molecular formula is C18H20ClFIN5O3S. The van der Waals surface area contributed by atoms with Crippen molar-refractivity contribution in [2.45, 2.75) is 41.6 Å². The third kappa shape index (κ3) is 3.84. The van der Waals surface area contributed by atoms with Crippen LogP contribution in [0.25, 0.3) is 0 Å². The fourth-order valence-corrected chi connectivity index (χ4v) is 6.01. The first-order chi connectivity index (χ1) is 14.2. The van der Waals surface area contributed by atoms with Gasteiger partial charge in [-0.2, -0.15) is 0 Å². The van der Waals surface area contributed by atoms with Crippen molar-refractivity contribution in [2.75, 3.05) is 13.7 Å². The molecule has 1 fully saturated rings. The molecule has 0 spiro atoms. The summed E-state index contributed by atoms with van der Waals surface area (Å²) in [5.74, 6) is -0.565. The first-order valence-electron chi connectivity index (χ1n) is 9.32. The van der Waals surface area contributed by atoms with Crippen LogP contribution in [0.2, 0.25) is 0 Å². The van der Waals surface area contributed by atoms with Crippen LogP contribution in [0.1, 0.15) is 19.3 Å². The maximum Gasteiger partial charge on any atom is 0.239 e. The molecule has 12 heteroatoms. The van der Waals surface area contributed by atoms with Gasteiger partial charge in [-0.1, -0.05) is 0 Å². The Morgan fingerprint density at radius 1 is 1.47 bits per heavy atom. The number of halogens is 3. The van der Waals surface area contributed by atoms with Crippen LogP contribution in [0.15, 0.2) is 33.2 Å². The predicted octanol–water partition coefficient (Wildman–Crippen LogP) is 2.03. The number of sulfonamides is 1. The molecule has 162 valence electrons. The second-order valence-electron chi connectivity index (χ2n) is 7.57. The summed E-state index contributed by atoms with van der Waals surface area (Å²) in [6, 6.07) is 4.06. The number of benzene rings is 1. The molecule has 4 rings (SSSR count). The molecule has 1 aliphatic carbocycles. The molecule has 2 heterocycles. The molecule has 0 aromatic heterocycles. The lowest BCUT2D eigenvalue weighted by Crippen LogP contribution is -2.54. The highest BCUT2D eigenvalue weighted by Crippen LogP contribution is 2.46. The molecule has 8 nitrogen and oxygen atoms in total. The number of alkyl halides is 1. The average molecular weight is 568 g/mol. The van der Waals surface area contributed by atoms with Crippen molar-refractivity contribution in [1.29, 1.82) is 0 Å². The minimum atomic E-state index is -3.86. The zero-order chi connectivity index (χ0) is 21.7. The van der Waals surface area contributed by atoms with Gasteiger partial charge in [0, 0.05) is 17.2 Å². The van der Waals surface area contributed by atoms with E-state index in [1.807, 2.05) is 22.6 Å². The van der Waals surface area contributed by atoms with Crippen molar-refractivity contribution >= 4 is 67.8 Å². The summed E-state index contributed by atoms with van der Waals surface area (Å²) in [6.07, 6.45) is 2.14. The molecule has 0 radical (unpaired) electrons. The van der Waals surface area contributed by atoms with Gasteiger partial charge in [-0.15, -0.1) is 11.6 Å². The minimum Gasteiger partial charge on any atom is -0.396 e. The highest BCUT2D eigenvalue weighted by atomic mass is 127. The van der Waals surface area contributed by atoms with Crippen molar-refractivity contribution in [3.05, 3.63) is 27.6 Å². The number of aliphatic hydroxyl groups excluding tert-OH is 1. The monoisotopic (exact) mass is 567 g/mol. The summed E-state index contributed by atoms with van der Waals surface area (Å²) >= 11 is 8.64. The highest BCUT2D eigenvalue weighted by molar-refractivity contribution is 14.1. The van der Waals surface area contributed by atoms with Crippen LogP contribution in [0.3, 0.4) is 0 Å². The molecule has 0 bridgehead atoms. The van der Waals surface area contributed by atoms with Crippen LogP contribution in [0.4, 0.5) is 10.1 Å². The number of hydrogen-bond donors (Lipinski definition) is 2. The smallest absolute Gasteiger partial charge is 0.239 e. The Morgan fingerprint density at radius 3 is 2.83 bits per heavy atom. The van der Waals surface area contributed by atoms with Gasteiger partial charge in [-0.25, -0.2) is 22.8 Å². The molecule has 3 atom stereocenters. The zero-order valence-electron chi connectivity index (χ0n) is 16.0. The fraction of sp³-hybridized carbons (Fsp3) is 0.500. The van der Waals surface area contributed by atoms with E-state index in [1.54, 1.807) is 24.4 Å². The number of fused-ring (bicyclic) bond motifs is 1. The molecule has 3 unspecified atom stereocenters. The molecule has 0 amide bonds. The third-order valence-electron chi connectivity index (χ3n) is 5.54. The number of nitrogens with zero attached hydrogens (tertiary/aromatic N) is 4. The van der Waals surface area contributed by atoms with Gasteiger partial charge >= 0.3 is 0 Å². The van der Waals surface area contributed by atoms with E-state index >= 15 is 0 Å². The molecular weight excluding hydrogens is 548 g/mol. The molecule has 1 saturated carbocycles. The quantitative estimate of drug-likeness (QED) is 0.419. The summed E-state index contributed by atoms with van der Waals surface area (Å²) in [6.45, 7) is -0.235. The van der Waals surface area contributed by atoms with E-state index in [1.165, 1.54) is 12.1 Å². The minimum absolute atomic E-state index is 0.0178. The number of likely N-dealkylation sites (N-methyl/N-ethyl adjacent to an activating group) is 1. The summed E-state index contributed by atoms with van der Waals surface area (Å²) in [5.41, 5.74) is 0.155. The van der Waals surface area contributed by atoms with Crippen molar-refractivity contribution in [2.24, 2.45) is 15.0 Å². The average Bonchev–Trinajstić information content (AvgIpc) is 3.38. The van der Waals surface area contributed by atoms with Gasteiger partial charge in [0.05, 0.1) is 16.8 Å². The maximum absolute atomic E-state index is 14.4. The number of aliphatic imine (C=N–C) groups is 3. The van der Waals surface area contributed by atoms with E-state index in [9.17, 15) is 17.9 Å². The maximum atomic E-state index is 14.4. The fourth-order valence-electron chi connectivity index (χ4n) is 3.58. The summed E-state index contributed by atoms with van der Waals surface area (Å²) in [5, 5.41) is 8.47. The molecule has 1 aromatic rings. The standard InChI is InChI=1S/C18H20ClFIN5O3S/c1-26-9-22-15-13(19)14(23-12-3-2-10(21)8-11(12)20)16(24-17(15)26)25-30(28,29)18(4-5-18)6-7-27/h2-3,8-9,13,15,17,27H,4-7H2,1H3,(H,24,25). The van der Waals surface area contributed by atoms with Crippen molar-refractivity contribution < 1.29 is 17.9 Å². The normalized spacial score (nSPS) is 28.4. The van der Waals surface area contributed by atoms with Gasteiger partial charge in [0.15, 0.2) is 5.84 Å². The van der Waals surface area contributed by atoms with E-state index in [2.05, 4.69) is 19.7 Å². The van der Waals surface area contributed by atoms with E-state index in [4.69, 9.17) is 11.6 Å². The largest absolute Gasteiger partial charge is 0.396 e. The van der Waals surface area contributed by atoms with Gasteiger partial charge in [-0.05, 0) is 60.1 Å². The topological polar surface area (TPSA) is 107 Å². The van der Waals surface area contributed by atoms with Crippen molar-refractivity contribution in [3.63, 3.8) is 0 Å². The van der Waals surface area contributed by atoms with Crippen LogP contribution in [-0.4, -0.2) is 72.3 Å². The Balaban J connectivity index is 1.76. The number of rotatable bonds is 5. The van der Waals surface area contributed by atoms with E-state index in [-0.39, 0.29) is 30.3 Å².